The molecule has 0 aliphatic heterocycles. The van der Waals surface area contributed by atoms with Crippen LogP contribution in [0.2, 0.25) is 0 Å². The molecule has 0 radical (unpaired) electrons. The lowest BCUT2D eigenvalue weighted by atomic mass is 9.86. The Morgan fingerprint density at radius 1 is 1.00 bits per heavy atom. The summed E-state index contributed by atoms with van der Waals surface area (Å²) in [6.45, 7) is -2.89. The van der Waals surface area contributed by atoms with Crippen molar-refractivity contribution < 1.29 is 18.3 Å². The van der Waals surface area contributed by atoms with E-state index >= 15 is 0 Å². The molecule has 0 unspecified atom stereocenters. The molecule has 0 N–H and O–H groups in total. The summed E-state index contributed by atoms with van der Waals surface area (Å²) in [6.07, 6.45) is 3.01. The third-order valence-electron chi connectivity index (χ3n) is 3.68. The number of benzene rings is 2. The van der Waals surface area contributed by atoms with Gasteiger partial charge in [0, 0.05) is 16.7 Å². The molecule has 0 aromatic heterocycles. The first-order valence-corrected chi connectivity index (χ1v) is 7.02. The summed E-state index contributed by atoms with van der Waals surface area (Å²) >= 11 is 0. The van der Waals surface area contributed by atoms with Gasteiger partial charge in [-0.05, 0) is 30.5 Å². The molecule has 22 heavy (non-hydrogen) atoms. The average molecular weight is 300 g/mol. The van der Waals surface area contributed by atoms with Crippen LogP contribution in [-0.4, -0.2) is 12.4 Å². The Labute approximate surface area is 127 Å². The summed E-state index contributed by atoms with van der Waals surface area (Å²) in [5.74, 6) is 0.0327. The number of hydrogen-bond acceptors (Lipinski definition) is 2. The third-order valence-corrected chi connectivity index (χ3v) is 3.68. The molecule has 0 saturated heterocycles. The Morgan fingerprint density at radius 3 is 2.55 bits per heavy atom. The number of rotatable bonds is 3. The summed E-state index contributed by atoms with van der Waals surface area (Å²) in [5.41, 5.74) is 2.82. The van der Waals surface area contributed by atoms with Crippen LogP contribution in [0.3, 0.4) is 0 Å². The number of alkyl halides is 2. The SMILES string of the molecule is O=C1/C(=C/c2ccccc2OC(F)F)CCc2ccccc21. The number of para-hydroxylation sites is 1. The molecule has 0 fully saturated rings. The quantitative estimate of drug-likeness (QED) is 0.780. The van der Waals surface area contributed by atoms with Crippen molar-refractivity contribution in [3.05, 3.63) is 70.8 Å². The fourth-order valence-corrected chi connectivity index (χ4v) is 2.64. The van der Waals surface area contributed by atoms with E-state index in [1.807, 2.05) is 18.2 Å². The van der Waals surface area contributed by atoms with Gasteiger partial charge in [-0.3, -0.25) is 4.79 Å². The molecule has 2 aromatic rings. The maximum absolute atomic E-state index is 12.5. The van der Waals surface area contributed by atoms with Gasteiger partial charge in [0.2, 0.25) is 0 Å². The van der Waals surface area contributed by atoms with Gasteiger partial charge in [-0.1, -0.05) is 42.5 Å². The van der Waals surface area contributed by atoms with Crippen LogP contribution in [0.25, 0.3) is 6.08 Å². The fraction of sp³-hybridized carbons (Fsp3) is 0.167. The Bertz CT molecular complexity index is 735. The van der Waals surface area contributed by atoms with Crippen molar-refractivity contribution >= 4 is 11.9 Å². The highest BCUT2D eigenvalue weighted by Crippen LogP contribution is 2.29. The van der Waals surface area contributed by atoms with E-state index in [0.717, 1.165) is 12.0 Å². The number of aryl methyl sites for hydroxylation is 1. The molecule has 112 valence electrons. The maximum atomic E-state index is 12.5. The van der Waals surface area contributed by atoms with E-state index in [-0.39, 0.29) is 11.5 Å². The number of ketones is 1. The van der Waals surface area contributed by atoms with Crippen molar-refractivity contribution in [1.29, 1.82) is 0 Å². The Balaban J connectivity index is 1.96. The van der Waals surface area contributed by atoms with E-state index in [4.69, 9.17) is 0 Å². The molecule has 0 bridgehead atoms. The molecule has 0 saturated carbocycles. The lowest BCUT2D eigenvalue weighted by Gasteiger charge is -2.17. The second-order valence-corrected chi connectivity index (χ2v) is 5.07. The van der Waals surface area contributed by atoms with Crippen molar-refractivity contribution in [2.24, 2.45) is 0 Å². The van der Waals surface area contributed by atoms with E-state index in [2.05, 4.69) is 4.74 Å². The molecule has 4 heteroatoms. The lowest BCUT2D eigenvalue weighted by molar-refractivity contribution is -0.0499. The van der Waals surface area contributed by atoms with Crippen molar-refractivity contribution in [3.8, 4) is 5.75 Å². The van der Waals surface area contributed by atoms with Crippen LogP contribution in [0.15, 0.2) is 54.1 Å². The van der Waals surface area contributed by atoms with Crippen LogP contribution in [0.1, 0.15) is 27.9 Å². The summed E-state index contributed by atoms with van der Waals surface area (Å²) < 4.78 is 29.4. The molecule has 1 aliphatic carbocycles. The van der Waals surface area contributed by atoms with E-state index in [1.165, 1.54) is 6.07 Å². The summed E-state index contributed by atoms with van der Waals surface area (Å²) in [5, 5.41) is 0. The van der Waals surface area contributed by atoms with Gasteiger partial charge in [0.1, 0.15) is 5.75 Å². The van der Waals surface area contributed by atoms with Gasteiger partial charge in [-0.25, -0.2) is 0 Å². The average Bonchev–Trinajstić information content (AvgIpc) is 2.51. The molecular formula is C18H14F2O2. The highest BCUT2D eigenvalue weighted by molar-refractivity contribution is 6.13. The molecule has 0 spiro atoms. The van der Waals surface area contributed by atoms with E-state index in [0.29, 0.717) is 23.1 Å². The minimum Gasteiger partial charge on any atom is -0.434 e. The van der Waals surface area contributed by atoms with Crippen LogP contribution in [0, 0.1) is 0 Å². The normalized spacial score (nSPS) is 16.0. The highest BCUT2D eigenvalue weighted by Gasteiger charge is 2.21. The van der Waals surface area contributed by atoms with Gasteiger partial charge in [0.15, 0.2) is 5.78 Å². The van der Waals surface area contributed by atoms with Crippen molar-refractivity contribution in [2.45, 2.75) is 19.5 Å². The number of carbonyl (C=O) groups excluding carboxylic acids is 1. The molecule has 0 amide bonds. The smallest absolute Gasteiger partial charge is 0.387 e. The molecule has 3 rings (SSSR count). The molecule has 1 aliphatic rings. The molecular weight excluding hydrogens is 286 g/mol. The summed E-state index contributed by atoms with van der Waals surface area (Å²) in [4.78, 5) is 12.5. The van der Waals surface area contributed by atoms with Gasteiger partial charge in [-0.15, -0.1) is 0 Å². The zero-order chi connectivity index (χ0) is 15.5. The zero-order valence-electron chi connectivity index (χ0n) is 11.8. The van der Waals surface area contributed by atoms with Crippen LogP contribution in [-0.2, 0) is 6.42 Å². The third kappa shape index (κ3) is 2.91. The second kappa shape index (κ2) is 6.10. The first-order chi connectivity index (χ1) is 10.6. The topological polar surface area (TPSA) is 26.3 Å². The zero-order valence-corrected chi connectivity index (χ0v) is 11.8. The van der Waals surface area contributed by atoms with Crippen molar-refractivity contribution in [2.75, 3.05) is 0 Å². The number of carbonyl (C=O) groups is 1. The van der Waals surface area contributed by atoms with Crippen molar-refractivity contribution in [1.82, 2.24) is 0 Å². The minimum atomic E-state index is -2.89. The predicted molar refractivity (Wildman–Crippen MR) is 80.1 cm³/mol. The van der Waals surface area contributed by atoms with Crippen LogP contribution < -0.4 is 4.74 Å². The van der Waals surface area contributed by atoms with Gasteiger partial charge in [-0.2, -0.15) is 8.78 Å². The van der Waals surface area contributed by atoms with E-state index < -0.39 is 6.61 Å². The Kier molecular flexibility index (Phi) is 4.00. The number of halogens is 2. The van der Waals surface area contributed by atoms with Crippen molar-refractivity contribution in [3.63, 3.8) is 0 Å². The number of allylic oxidation sites excluding steroid dienone is 1. The lowest BCUT2D eigenvalue weighted by Crippen LogP contribution is -2.14. The second-order valence-electron chi connectivity index (χ2n) is 5.07. The van der Waals surface area contributed by atoms with Crippen LogP contribution in [0.4, 0.5) is 8.78 Å². The molecule has 0 atom stereocenters. The van der Waals surface area contributed by atoms with E-state index in [1.54, 1.807) is 30.3 Å². The van der Waals surface area contributed by atoms with E-state index in [9.17, 15) is 13.6 Å². The number of hydrogen-bond donors (Lipinski definition) is 0. The van der Waals surface area contributed by atoms with Gasteiger partial charge in [0.25, 0.3) is 0 Å². The monoisotopic (exact) mass is 300 g/mol. The molecule has 0 heterocycles. The largest absolute Gasteiger partial charge is 0.434 e. The molecule has 2 nitrogen and oxygen atoms in total. The Hall–Kier alpha value is -2.49. The summed E-state index contributed by atoms with van der Waals surface area (Å²) in [7, 11) is 0. The number of fused-ring (bicyclic) bond motifs is 1. The first-order valence-electron chi connectivity index (χ1n) is 7.02. The standard InChI is InChI=1S/C18H14F2O2/c19-18(20)22-16-8-4-2-6-13(16)11-14-10-9-12-5-1-3-7-15(12)17(14)21/h1-8,11,18H,9-10H2/b14-11+. The van der Waals surface area contributed by atoms with Gasteiger partial charge in [0.05, 0.1) is 0 Å². The maximum Gasteiger partial charge on any atom is 0.387 e. The fourth-order valence-electron chi connectivity index (χ4n) is 2.64. The van der Waals surface area contributed by atoms with Crippen LogP contribution >= 0.6 is 0 Å². The Morgan fingerprint density at radius 2 is 1.73 bits per heavy atom. The minimum absolute atomic E-state index is 0.0475. The highest BCUT2D eigenvalue weighted by atomic mass is 19.3. The molecule has 2 aromatic carbocycles. The predicted octanol–water partition coefficient (Wildman–Crippen LogP) is 4.50. The number of Topliss-reactive ketones (excluding diaryl/α,β-unsaturated/α-hetero) is 1. The van der Waals surface area contributed by atoms with Gasteiger partial charge >= 0.3 is 6.61 Å². The number of ether oxygens (including phenoxy) is 1. The van der Waals surface area contributed by atoms with Gasteiger partial charge < -0.3 is 4.74 Å². The first kappa shape index (κ1) is 14.4. The van der Waals surface area contributed by atoms with Crippen LogP contribution in [0.5, 0.6) is 5.75 Å². The summed E-state index contributed by atoms with van der Waals surface area (Å²) in [6, 6.07) is 14.0.